The molecule has 0 aliphatic carbocycles. The van der Waals surface area contributed by atoms with Crippen LogP contribution >= 0.6 is 11.3 Å². The molecule has 0 N–H and O–H groups in total. The van der Waals surface area contributed by atoms with Crippen molar-refractivity contribution >= 4 is 27.3 Å². The van der Waals surface area contributed by atoms with E-state index in [0.29, 0.717) is 30.3 Å². The lowest BCUT2D eigenvalue weighted by atomic mass is 10.2. The second-order valence-electron chi connectivity index (χ2n) is 6.45. The van der Waals surface area contributed by atoms with Crippen LogP contribution in [0, 0.1) is 6.92 Å². The van der Waals surface area contributed by atoms with Gasteiger partial charge in [0.25, 0.3) is 10.0 Å². The molecule has 2 aromatic rings. The van der Waals surface area contributed by atoms with E-state index < -0.39 is 10.0 Å². The highest BCUT2D eigenvalue weighted by molar-refractivity contribution is 7.91. The zero-order valence-corrected chi connectivity index (χ0v) is 15.5. The standard InChI is InChI=1S/C15H19N5O3S2/c1-11-4-5-15(24-11)25(22,23)19-9-13(10-19)20-8-12(16-17-20)7-18-6-2-3-14(18)21/h4-5,8,13H,2-3,6-7,9-10H2,1H3. The monoisotopic (exact) mass is 381 g/mol. The first-order valence-electron chi connectivity index (χ1n) is 8.18. The van der Waals surface area contributed by atoms with E-state index in [2.05, 4.69) is 10.3 Å². The minimum atomic E-state index is -3.40. The molecule has 2 aliphatic rings. The Balaban J connectivity index is 1.38. The highest BCUT2D eigenvalue weighted by Gasteiger charge is 2.39. The van der Waals surface area contributed by atoms with Gasteiger partial charge in [0.15, 0.2) is 0 Å². The molecule has 0 bridgehead atoms. The lowest BCUT2D eigenvalue weighted by Gasteiger charge is -2.37. The van der Waals surface area contributed by atoms with Gasteiger partial charge in [0, 0.05) is 30.9 Å². The third kappa shape index (κ3) is 3.09. The quantitative estimate of drug-likeness (QED) is 0.771. The van der Waals surface area contributed by atoms with Gasteiger partial charge in [0.05, 0.1) is 18.8 Å². The van der Waals surface area contributed by atoms with Crippen molar-refractivity contribution in [3.05, 3.63) is 28.9 Å². The Kier molecular flexibility index (Phi) is 4.13. The minimum Gasteiger partial charge on any atom is -0.337 e. The van der Waals surface area contributed by atoms with E-state index in [1.807, 2.05) is 19.2 Å². The average molecular weight is 381 g/mol. The summed E-state index contributed by atoms with van der Waals surface area (Å²) < 4.78 is 28.6. The summed E-state index contributed by atoms with van der Waals surface area (Å²) in [7, 11) is -3.40. The number of likely N-dealkylation sites (tertiary alicyclic amines) is 1. The lowest BCUT2D eigenvalue weighted by Crippen LogP contribution is -2.50. The molecule has 0 spiro atoms. The molecule has 10 heteroatoms. The Morgan fingerprint density at radius 1 is 1.32 bits per heavy atom. The summed E-state index contributed by atoms with van der Waals surface area (Å²) in [6.07, 6.45) is 3.31. The molecule has 0 aromatic carbocycles. The number of amides is 1. The van der Waals surface area contributed by atoms with Crippen LogP contribution in [-0.4, -0.2) is 58.2 Å². The van der Waals surface area contributed by atoms with Crippen LogP contribution in [-0.2, 0) is 21.4 Å². The van der Waals surface area contributed by atoms with E-state index in [0.717, 1.165) is 23.5 Å². The van der Waals surface area contributed by atoms with E-state index in [1.165, 1.54) is 15.6 Å². The van der Waals surface area contributed by atoms with Crippen molar-refractivity contribution in [2.45, 2.75) is 36.6 Å². The molecule has 25 heavy (non-hydrogen) atoms. The topological polar surface area (TPSA) is 88.4 Å². The van der Waals surface area contributed by atoms with Gasteiger partial charge in [-0.2, -0.15) is 4.31 Å². The Labute approximate surface area is 150 Å². The van der Waals surface area contributed by atoms with E-state index in [4.69, 9.17) is 0 Å². The molecule has 8 nitrogen and oxygen atoms in total. The molecule has 4 rings (SSSR count). The number of hydrogen-bond donors (Lipinski definition) is 0. The second kappa shape index (κ2) is 6.19. The van der Waals surface area contributed by atoms with Gasteiger partial charge in [-0.25, -0.2) is 13.1 Å². The van der Waals surface area contributed by atoms with Gasteiger partial charge in [-0.1, -0.05) is 5.21 Å². The van der Waals surface area contributed by atoms with E-state index in [1.54, 1.807) is 15.6 Å². The lowest BCUT2D eigenvalue weighted by molar-refractivity contribution is -0.128. The van der Waals surface area contributed by atoms with Crippen LogP contribution in [0.5, 0.6) is 0 Å². The maximum Gasteiger partial charge on any atom is 0.252 e. The SMILES string of the molecule is Cc1ccc(S(=O)(=O)N2CC(n3cc(CN4CCCC4=O)nn3)C2)s1. The number of aryl methyl sites for hydroxylation is 1. The number of hydrogen-bond acceptors (Lipinski definition) is 6. The number of carbonyl (C=O) groups excluding carboxylic acids is 1. The molecule has 134 valence electrons. The van der Waals surface area contributed by atoms with Gasteiger partial charge in [0.1, 0.15) is 9.90 Å². The highest BCUT2D eigenvalue weighted by Crippen LogP contribution is 2.31. The molecule has 0 saturated carbocycles. The fraction of sp³-hybridized carbons (Fsp3) is 0.533. The first kappa shape index (κ1) is 16.7. The maximum absolute atomic E-state index is 12.5. The van der Waals surface area contributed by atoms with Gasteiger partial charge in [-0.15, -0.1) is 16.4 Å². The van der Waals surface area contributed by atoms with Crippen LogP contribution in [0.4, 0.5) is 0 Å². The van der Waals surface area contributed by atoms with Crippen molar-refractivity contribution in [1.29, 1.82) is 0 Å². The predicted molar refractivity (Wildman–Crippen MR) is 91.5 cm³/mol. The van der Waals surface area contributed by atoms with Crippen molar-refractivity contribution in [3.8, 4) is 0 Å². The third-order valence-corrected chi connectivity index (χ3v) is 7.89. The highest BCUT2D eigenvalue weighted by atomic mass is 32.2. The van der Waals surface area contributed by atoms with Crippen molar-refractivity contribution in [2.75, 3.05) is 19.6 Å². The van der Waals surface area contributed by atoms with Crippen molar-refractivity contribution in [2.24, 2.45) is 0 Å². The summed E-state index contributed by atoms with van der Waals surface area (Å²) in [4.78, 5) is 14.4. The van der Waals surface area contributed by atoms with Crippen LogP contribution in [0.3, 0.4) is 0 Å². The molecule has 2 aliphatic heterocycles. The smallest absolute Gasteiger partial charge is 0.252 e. The van der Waals surface area contributed by atoms with Gasteiger partial charge in [-0.3, -0.25) is 4.79 Å². The van der Waals surface area contributed by atoms with Crippen molar-refractivity contribution < 1.29 is 13.2 Å². The average Bonchev–Trinajstić information content (AvgIpc) is 3.22. The summed E-state index contributed by atoms with van der Waals surface area (Å²) >= 11 is 1.29. The molecular weight excluding hydrogens is 362 g/mol. The number of aromatic nitrogens is 3. The van der Waals surface area contributed by atoms with Crippen LogP contribution in [0.25, 0.3) is 0 Å². The second-order valence-corrected chi connectivity index (χ2v) is 9.90. The Hall–Kier alpha value is -1.78. The van der Waals surface area contributed by atoms with Crippen LogP contribution in [0.1, 0.15) is 29.5 Å². The van der Waals surface area contributed by atoms with Crippen molar-refractivity contribution in [1.82, 2.24) is 24.2 Å². The molecule has 0 atom stereocenters. The number of sulfonamides is 1. The van der Waals surface area contributed by atoms with Gasteiger partial charge in [-0.05, 0) is 25.5 Å². The molecule has 1 amide bonds. The first-order valence-corrected chi connectivity index (χ1v) is 10.4. The normalized spacial score (nSPS) is 19.6. The number of rotatable bonds is 5. The number of thiophene rings is 1. The molecule has 0 unspecified atom stereocenters. The fourth-order valence-electron chi connectivity index (χ4n) is 3.09. The van der Waals surface area contributed by atoms with Crippen LogP contribution < -0.4 is 0 Å². The largest absolute Gasteiger partial charge is 0.337 e. The van der Waals surface area contributed by atoms with Gasteiger partial charge < -0.3 is 4.90 Å². The zero-order valence-electron chi connectivity index (χ0n) is 13.8. The molecule has 2 fully saturated rings. The van der Waals surface area contributed by atoms with E-state index in [-0.39, 0.29) is 11.9 Å². The number of carbonyl (C=O) groups is 1. The predicted octanol–water partition coefficient (Wildman–Crippen LogP) is 1.02. The fourth-order valence-corrected chi connectivity index (χ4v) is 6.04. The summed E-state index contributed by atoms with van der Waals surface area (Å²) in [5.41, 5.74) is 0.741. The minimum absolute atomic E-state index is 0.00800. The zero-order chi connectivity index (χ0) is 17.6. The van der Waals surface area contributed by atoms with Gasteiger partial charge in [0.2, 0.25) is 5.91 Å². The summed E-state index contributed by atoms with van der Waals surface area (Å²) in [6.45, 7) is 3.92. The summed E-state index contributed by atoms with van der Waals surface area (Å²) in [6, 6.07) is 3.47. The third-order valence-electron chi connectivity index (χ3n) is 4.59. The molecule has 2 aromatic heterocycles. The molecule has 4 heterocycles. The Morgan fingerprint density at radius 3 is 2.76 bits per heavy atom. The molecular formula is C15H19N5O3S2. The Bertz CT molecular complexity index is 898. The molecule has 2 saturated heterocycles. The molecule has 0 radical (unpaired) electrons. The van der Waals surface area contributed by atoms with Gasteiger partial charge >= 0.3 is 0 Å². The van der Waals surface area contributed by atoms with Crippen molar-refractivity contribution in [3.63, 3.8) is 0 Å². The number of nitrogens with zero attached hydrogens (tertiary/aromatic N) is 5. The first-order chi connectivity index (χ1) is 11.9. The van der Waals surface area contributed by atoms with Crippen LogP contribution in [0.15, 0.2) is 22.5 Å². The van der Waals surface area contributed by atoms with E-state index >= 15 is 0 Å². The van der Waals surface area contributed by atoms with E-state index in [9.17, 15) is 13.2 Å². The van der Waals surface area contributed by atoms with Crippen LogP contribution in [0.2, 0.25) is 0 Å². The summed E-state index contributed by atoms with van der Waals surface area (Å²) in [5, 5.41) is 8.23. The maximum atomic E-state index is 12.5. The Morgan fingerprint density at radius 2 is 2.12 bits per heavy atom. The summed E-state index contributed by atoms with van der Waals surface area (Å²) in [5.74, 6) is 0.154.